The zero-order valence-electron chi connectivity index (χ0n) is 18.5. The normalized spacial score (nSPS) is 15.4. The highest BCUT2D eigenvalue weighted by Gasteiger charge is 2.35. The van der Waals surface area contributed by atoms with Crippen LogP contribution in [0.3, 0.4) is 0 Å². The number of aromatic nitrogens is 1. The van der Waals surface area contributed by atoms with E-state index in [0.29, 0.717) is 5.69 Å². The Morgan fingerprint density at radius 3 is 2.24 bits per heavy atom. The summed E-state index contributed by atoms with van der Waals surface area (Å²) in [7, 11) is 0. The number of anilines is 1. The molecule has 2 aromatic carbocycles. The van der Waals surface area contributed by atoms with Crippen molar-refractivity contribution < 1.29 is 9.59 Å². The molecule has 2 amide bonds. The summed E-state index contributed by atoms with van der Waals surface area (Å²) >= 11 is 12.5. The predicted molar refractivity (Wildman–Crippen MR) is 143 cm³/mol. The number of aryl methyl sites for hydroxylation is 2. The van der Waals surface area contributed by atoms with Crippen molar-refractivity contribution in [2.45, 2.75) is 27.7 Å². The van der Waals surface area contributed by atoms with Crippen LogP contribution in [0.2, 0.25) is 0 Å². The van der Waals surface area contributed by atoms with Crippen LogP contribution in [0.5, 0.6) is 0 Å². The number of amides is 2. The summed E-state index contributed by atoms with van der Waals surface area (Å²) in [4.78, 5) is 27.7. The SMILES string of the molecule is Cc1ccc(N2C(=O)/C(=C/c3c(Br)c(C)n(-c4ccc(Br)cc4)c3C)C(=O)NC2=S)c(C)c1. The molecule has 2 heterocycles. The Morgan fingerprint density at radius 2 is 1.61 bits per heavy atom. The Balaban J connectivity index is 1.82. The van der Waals surface area contributed by atoms with Gasteiger partial charge in [0.05, 0.1) is 5.69 Å². The third-order valence-corrected chi connectivity index (χ3v) is 7.50. The monoisotopic (exact) mass is 585 g/mol. The van der Waals surface area contributed by atoms with Gasteiger partial charge < -0.3 is 4.57 Å². The first-order chi connectivity index (χ1) is 15.6. The highest BCUT2D eigenvalue weighted by Crippen LogP contribution is 2.34. The maximum atomic E-state index is 13.5. The zero-order chi connectivity index (χ0) is 24.0. The van der Waals surface area contributed by atoms with Gasteiger partial charge in [-0.2, -0.15) is 0 Å². The second-order valence-corrected chi connectivity index (χ2v) is 10.1. The first-order valence-corrected chi connectivity index (χ1v) is 12.2. The molecule has 0 unspecified atom stereocenters. The van der Waals surface area contributed by atoms with E-state index >= 15 is 0 Å². The van der Waals surface area contributed by atoms with Gasteiger partial charge in [0.2, 0.25) is 0 Å². The molecule has 4 rings (SSSR count). The number of carbonyl (C=O) groups excluding carboxylic acids is 2. The molecule has 1 saturated heterocycles. The Labute approximate surface area is 214 Å². The van der Waals surface area contributed by atoms with E-state index in [1.807, 2.05) is 70.2 Å². The fourth-order valence-corrected chi connectivity index (χ4v) is 5.16. The fourth-order valence-electron chi connectivity index (χ4n) is 4.05. The van der Waals surface area contributed by atoms with Crippen molar-refractivity contribution in [3.8, 4) is 5.69 Å². The molecule has 0 saturated carbocycles. The molecule has 0 atom stereocenters. The molecule has 33 heavy (non-hydrogen) atoms. The molecule has 0 aliphatic carbocycles. The maximum Gasteiger partial charge on any atom is 0.270 e. The Morgan fingerprint density at radius 1 is 0.939 bits per heavy atom. The highest BCUT2D eigenvalue weighted by molar-refractivity contribution is 9.10. The summed E-state index contributed by atoms with van der Waals surface area (Å²) in [6.07, 6.45) is 1.64. The third-order valence-electron chi connectivity index (χ3n) is 5.68. The summed E-state index contributed by atoms with van der Waals surface area (Å²) in [6.45, 7) is 7.85. The van der Waals surface area contributed by atoms with Crippen LogP contribution >= 0.6 is 44.1 Å². The van der Waals surface area contributed by atoms with Crippen LogP contribution in [0.1, 0.15) is 28.1 Å². The van der Waals surface area contributed by atoms with Gasteiger partial charge >= 0.3 is 0 Å². The van der Waals surface area contributed by atoms with Crippen molar-refractivity contribution in [3.63, 3.8) is 0 Å². The Hall–Kier alpha value is -2.55. The summed E-state index contributed by atoms with van der Waals surface area (Å²) in [6, 6.07) is 13.7. The average Bonchev–Trinajstić information content (AvgIpc) is 2.96. The lowest BCUT2D eigenvalue weighted by Gasteiger charge is -2.30. The van der Waals surface area contributed by atoms with Crippen molar-refractivity contribution in [2.75, 3.05) is 4.90 Å². The first kappa shape index (κ1) is 23.6. The van der Waals surface area contributed by atoms with Crippen LogP contribution < -0.4 is 10.2 Å². The van der Waals surface area contributed by atoms with Crippen molar-refractivity contribution in [1.82, 2.24) is 9.88 Å². The summed E-state index contributed by atoms with van der Waals surface area (Å²) in [5, 5.41) is 2.75. The van der Waals surface area contributed by atoms with Crippen LogP contribution in [0.4, 0.5) is 5.69 Å². The number of rotatable bonds is 3. The van der Waals surface area contributed by atoms with Crippen molar-refractivity contribution in [2.24, 2.45) is 0 Å². The van der Waals surface area contributed by atoms with Gasteiger partial charge in [0.1, 0.15) is 5.57 Å². The summed E-state index contributed by atoms with van der Waals surface area (Å²) < 4.78 is 3.89. The van der Waals surface area contributed by atoms with Crippen LogP contribution in [0.25, 0.3) is 11.8 Å². The van der Waals surface area contributed by atoms with Crippen LogP contribution in [0.15, 0.2) is 57.0 Å². The summed E-state index contributed by atoms with van der Waals surface area (Å²) in [5.74, 6) is -0.956. The number of nitrogens with one attached hydrogen (secondary N) is 1. The first-order valence-electron chi connectivity index (χ1n) is 10.2. The van der Waals surface area contributed by atoms with E-state index in [4.69, 9.17) is 12.2 Å². The standard InChI is InChI=1S/C25H21Br2N3O2S/c1-13-5-10-21(14(2)11-13)30-24(32)20(23(31)28-25(30)33)12-19-15(3)29(16(4)22(19)27)18-8-6-17(26)7-9-18/h5-12H,1-4H3,(H,28,31,33)/b20-12+. The van der Waals surface area contributed by atoms with Gasteiger partial charge in [0.15, 0.2) is 5.11 Å². The van der Waals surface area contributed by atoms with Gasteiger partial charge in [-0.05, 0) is 97.8 Å². The number of halogens is 2. The van der Waals surface area contributed by atoms with Gasteiger partial charge in [-0.25, -0.2) is 0 Å². The molecule has 0 radical (unpaired) electrons. The molecule has 8 heteroatoms. The average molecular weight is 587 g/mol. The predicted octanol–water partition coefficient (Wildman–Crippen LogP) is 6.07. The fraction of sp³-hybridized carbons (Fsp3) is 0.160. The molecule has 1 N–H and O–H groups in total. The molecule has 1 aliphatic rings. The zero-order valence-corrected chi connectivity index (χ0v) is 22.5. The minimum Gasteiger partial charge on any atom is -0.317 e. The maximum absolute atomic E-state index is 13.5. The van der Waals surface area contributed by atoms with Crippen molar-refractivity contribution in [3.05, 3.63) is 85.1 Å². The molecule has 1 aromatic heterocycles. The quantitative estimate of drug-likeness (QED) is 0.230. The lowest BCUT2D eigenvalue weighted by atomic mass is 10.0. The minimum absolute atomic E-state index is 0.0281. The molecule has 3 aromatic rings. The largest absolute Gasteiger partial charge is 0.317 e. The number of nitrogens with zero attached hydrogens (tertiary/aromatic N) is 2. The van der Waals surface area contributed by atoms with Gasteiger partial charge in [-0.15, -0.1) is 0 Å². The Bertz CT molecular complexity index is 1360. The topological polar surface area (TPSA) is 54.3 Å². The van der Waals surface area contributed by atoms with Crippen molar-refractivity contribution in [1.29, 1.82) is 0 Å². The van der Waals surface area contributed by atoms with E-state index in [1.165, 1.54) is 4.90 Å². The highest BCUT2D eigenvalue weighted by atomic mass is 79.9. The third kappa shape index (κ3) is 4.23. The molecule has 168 valence electrons. The van der Waals surface area contributed by atoms with Crippen LogP contribution in [0, 0.1) is 27.7 Å². The molecule has 1 fully saturated rings. The van der Waals surface area contributed by atoms with Crippen LogP contribution in [-0.2, 0) is 9.59 Å². The lowest BCUT2D eigenvalue weighted by Crippen LogP contribution is -2.54. The lowest BCUT2D eigenvalue weighted by molar-refractivity contribution is -0.122. The van der Waals surface area contributed by atoms with E-state index < -0.39 is 11.8 Å². The van der Waals surface area contributed by atoms with Gasteiger partial charge in [0.25, 0.3) is 11.8 Å². The second-order valence-electron chi connectivity index (χ2n) is 7.96. The molecular formula is C25H21Br2N3O2S. The van der Waals surface area contributed by atoms with Gasteiger partial charge in [-0.1, -0.05) is 33.6 Å². The number of hydrogen-bond donors (Lipinski definition) is 1. The van der Waals surface area contributed by atoms with Gasteiger partial charge in [-0.3, -0.25) is 19.8 Å². The number of hydrogen-bond acceptors (Lipinski definition) is 3. The molecule has 0 spiro atoms. The van der Waals surface area contributed by atoms with E-state index in [2.05, 4.69) is 41.7 Å². The van der Waals surface area contributed by atoms with E-state index in [-0.39, 0.29) is 10.7 Å². The molecule has 1 aliphatic heterocycles. The summed E-state index contributed by atoms with van der Waals surface area (Å²) in [5.41, 5.74) is 6.28. The number of carbonyl (C=O) groups is 2. The minimum atomic E-state index is -0.508. The Kier molecular flexibility index (Phi) is 6.44. The molecule has 5 nitrogen and oxygen atoms in total. The number of thiocarbonyl (C=S) groups is 1. The van der Waals surface area contributed by atoms with E-state index in [9.17, 15) is 9.59 Å². The smallest absolute Gasteiger partial charge is 0.270 e. The molecule has 0 bridgehead atoms. The van der Waals surface area contributed by atoms with E-state index in [0.717, 1.165) is 42.7 Å². The second kappa shape index (κ2) is 9.00. The van der Waals surface area contributed by atoms with Crippen molar-refractivity contribution >= 4 is 72.8 Å². The van der Waals surface area contributed by atoms with E-state index in [1.54, 1.807) is 6.08 Å². The number of benzene rings is 2. The van der Waals surface area contributed by atoms with Crippen LogP contribution in [-0.4, -0.2) is 21.5 Å². The van der Waals surface area contributed by atoms with Gasteiger partial charge in [0, 0.05) is 31.6 Å². The molecular weight excluding hydrogens is 566 g/mol.